The third kappa shape index (κ3) is 3.07. The smallest absolute Gasteiger partial charge is 0.158 e. The van der Waals surface area contributed by atoms with Crippen LogP contribution >= 0.6 is 35.7 Å². The minimum atomic E-state index is -0.384. The molecule has 1 heterocycles. The summed E-state index contributed by atoms with van der Waals surface area (Å²) in [7, 11) is 0. The zero-order valence-electron chi connectivity index (χ0n) is 5.70. The number of aliphatic hydroxyl groups excluding tert-OH is 1. The van der Waals surface area contributed by atoms with Crippen LogP contribution in [0, 0.1) is 0 Å². The number of hydrogen-bond acceptors (Lipinski definition) is 4. The van der Waals surface area contributed by atoms with Crippen LogP contribution in [0.15, 0.2) is 4.99 Å². The molecule has 0 saturated heterocycles. The Morgan fingerprint density at radius 1 is 1.80 bits per heavy atom. The second-order valence-corrected chi connectivity index (χ2v) is 2.63. The first-order chi connectivity index (χ1) is 4.33. The number of thioether (sulfide) groups is 1. The topological polar surface area (TPSA) is 44.6 Å². The molecule has 1 atom stereocenters. The van der Waals surface area contributed by atoms with E-state index >= 15 is 0 Å². The molecule has 0 amide bonds. The summed E-state index contributed by atoms with van der Waals surface area (Å²) in [6.07, 6.45) is 2.28. The molecule has 3 nitrogen and oxygen atoms in total. The molecule has 2 N–H and O–H groups in total. The van der Waals surface area contributed by atoms with Gasteiger partial charge in [-0.2, -0.15) is 0 Å². The fraction of sp³-hybridized carbons (Fsp3) is 0.800. The van der Waals surface area contributed by atoms with Gasteiger partial charge >= 0.3 is 0 Å². The summed E-state index contributed by atoms with van der Waals surface area (Å²) in [6.45, 7) is 0.740. The van der Waals surface area contributed by atoms with E-state index in [0.29, 0.717) is 0 Å². The third-order valence-corrected chi connectivity index (χ3v) is 1.78. The van der Waals surface area contributed by atoms with Gasteiger partial charge in [-0.1, -0.05) is 11.8 Å². The van der Waals surface area contributed by atoms with Crippen LogP contribution in [-0.4, -0.2) is 29.3 Å². The van der Waals surface area contributed by atoms with Crippen molar-refractivity contribution in [3.8, 4) is 0 Å². The normalized spacial score (nSPS) is 24.2. The molecular formula is C5H11IN2OS. The molecule has 0 aromatic rings. The molecule has 0 fully saturated rings. The quantitative estimate of drug-likeness (QED) is 0.637. The Bertz CT molecular complexity index is 131. The molecule has 0 aromatic heterocycles. The summed E-state index contributed by atoms with van der Waals surface area (Å²) in [5.74, 6) is 0. The van der Waals surface area contributed by atoms with Crippen molar-refractivity contribution < 1.29 is 5.11 Å². The predicted octanol–water partition coefficient (Wildman–Crippen LogP) is 0.635. The van der Waals surface area contributed by atoms with Gasteiger partial charge in [-0.15, -0.1) is 24.0 Å². The number of nitrogens with zero attached hydrogens (tertiary/aromatic N) is 1. The standard InChI is InChI=1S/C5H10N2OS.HI/c1-9-5-6-3-2-4(8)7-5;/h4,8H,2-3H2,1H3,(H,6,7);1H. The van der Waals surface area contributed by atoms with Gasteiger partial charge in [0.15, 0.2) is 5.17 Å². The first-order valence-electron chi connectivity index (χ1n) is 2.86. The molecule has 0 radical (unpaired) electrons. The second kappa shape index (κ2) is 5.20. The fourth-order valence-electron chi connectivity index (χ4n) is 0.672. The molecule has 0 aromatic carbocycles. The Morgan fingerprint density at radius 2 is 2.50 bits per heavy atom. The van der Waals surface area contributed by atoms with Gasteiger partial charge in [0.2, 0.25) is 0 Å². The Balaban J connectivity index is 0.000000810. The molecule has 0 aliphatic carbocycles. The van der Waals surface area contributed by atoms with E-state index in [4.69, 9.17) is 5.11 Å². The highest BCUT2D eigenvalue weighted by Gasteiger charge is 2.09. The third-order valence-electron chi connectivity index (χ3n) is 1.14. The number of hydrogen-bond donors (Lipinski definition) is 2. The lowest BCUT2D eigenvalue weighted by Gasteiger charge is -2.17. The summed E-state index contributed by atoms with van der Waals surface area (Å²) in [5, 5.41) is 12.7. The van der Waals surface area contributed by atoms with Crippen LogP contribution in [0.4, 0.5) is 0 Å². The van der Waals surface area contributed by atoms with Crippen molar-refractivity contribution in [1.82, 2.24) is 5.32 Å². The van der Waals surface area contributed by atoms with Crippen molar-refractivity contribution in [2.24, 2.45) is 4.99 Å². The summed E-state index contributed by atoms with van der Waals surface area (Å²) >= 11 is 1.53. The van der Waals surface area contributed by atoms with E-state index in [0.717, 1.165) is 18.1 Å². The number of rotatable bonds is 0. The van der Waals surface area contributed by atoms with Gasteiger partial charge in [-0.25, -0.2) is 0 Å². The highest BCUT2D eigenvalue weighted by Crippen LogP contribution is 2.03. The molecule has 0 saturated carbocycles. The molecule has 0 spiro atoms. The maximum atomic E-state index is 9.01. The van der Waals surface area contributed by atoms with E-state index in [1.165, 1.54) is 11.8 Å². The Hall–Kier alpha value is 0.510. The van der Waals surface area contributed by atoms with Crippen molar-refractivity contribution in [2.45, 2.75) is 12.6 Å². The van der Waals surface area contributed by atoms with Crippen molar-refractivity contribution in [2.75, 3.05) is 12.8 Å². The molecule has 1 aliphatic rings. The van der Waals surface area contributed by atoms with E-state index in [1.807, 2.05) is 6.26 Å². The zero-order valence-corrected chi connectivity index (χ0v) is 8.85. The van der Waals surface area contributed by atoms with Gasteiger partial charge in [-0.05, 0) is 6.26 Å². The minimum absolute atomic E-state index is 0. The number of aliphatic imine (C=N–C) groups is 1. The van der Waals surface area contributed by atoms with Gasteiger partial charge in [0, 0.05) is 13.0 Å². The molecule has 60 valence electrons. The molecule has 1 unspecified atom stereocenters. The van der Waals surface area contributed by atoms with E-state index in [9.17, 15) is 0 Å². The summed E-state index contributed by atoms with van der Waals surface area (Å²) in [5.41, 5.74) is 0. The molecule has 5 heteroatoms. The maximum Gasteiger partial charge on any atom is 0.158 e. The zero-order chi connectivity index (χ0) is 6.69. The average Bonchev–Trinajstić information content (AvgIpc) is 1.88. The number of nitrogens with one attached hydrogen (secondary N) is 1. The number of aliphatic hydroxyl groups is 1. The molecule has 1 aliphatic heterocycles. The van der Waals surface area contributed by atoms with E-state index in [-0.39, 0.29) is 30.2 Å². The highest BCUT2D eigenvalue weighted by molar-refractivity contribution is 14.0. The van der Waals surface area contributed by atoms with Crippen LogP contribution in [0.3, 0.4) is 0 Å². The number of halogens is 1. The van der Waals surface area contributed by atoms with Crippen molar-refractivity contribution >= 4 is 40.9 Å². The lowest BCUT2D eigenvalue weighted by Crippen LogP contribution is -2.36. The minimum Gasteiger partial charge on any atom is -0.374 e. The predicted molar refractivity (Wildman–Crippen MR) is 55.0 cm³/mol. The maximum absolute atomic E-state index is 9.01. The van der Waals surface area contributed by atoms with Crippen LogP contribution in [0.1, 0.15) is 6.42 Å². The van der Waals surface area contributed by atoms with Gasteiger partial charge in [0.1, 0.15) is 6.23 Å². The van der Waals surface area contributed by atoms with E-state index < -0.39 is 0 Å². The van der Waals surface area contributed by atoms with Crippen LogP contribution in [0.5, 0.6) is 0 Å². The Kier molecular flexibility index (Phi) is 5.46. The first-order valence-corrected chi connectivity index (χ1v) is 4.08. The summed E-state index contributed by atoms with van der Waals surface area (Å²) in [6, 6.07) is 0. The van der Waals surface area contributed by atoms with Crippen LogP contribution < -0.4 is 5.32 Å². The van der Waals surface area contributed by atoms with Gasteiger partial charge in [-0.3, -0.25) is 4.99 Å². The van der Waals surface area contributed by atoms with Crippen LogP contribution in [0.25, 0.3) is 0 Å². The largest absolute Gasteiger partial charge is 0.374 e. The average molecular weight is 274 g/mol. The van der Waals surface area contributed by atoms with Crippen molar-refractivity contribution in [1.29, 1.82) is 0 Å². The monoisotopic (exact) mass is 274 g/mol. The van der Waals surface area contributed by atoms with Crippen LogP contribution in [0.2, 0.25) is 0 Å². The highest BCUT2D eigenvalue weighted by atomic mass is 127. The van der Waals surface area contributed by atoms with Gasteiger partial charge < -0.3 is 10.4 Å². The Morgan fingerprint density at radius 3 is 2.90 bits per heavy atom. The fourth-order valence-corrected chi connectivity index (χ4v) is 1.15. The van der Waals surface area contributed by atoms with E-state index in [2.05, 4.69) is 10.3 Å². The molecule has 10 heavy (non-hydrogen) atoms. The second-order valence-electron chi connectivity index (χ2n) is 1.84. The molecule has 1 rings (SSSR count). The first kappa shape index (κ1) is 10.5. The van der Waals surface area contributed by atoms with Gasteiger partial charge in [0.25, 0.3) is 0 Å². The van der Waals surface area contributed by atoms with Crippen molar-refractivity contribution in [3.63, 3.8) is 0 Å². The Labute approximate surface area is 81.7 Å². The molecular weight excluding hydrogens is 263 g/mol. The van der Waals surface area contributed by atoms with Gasteiger partial charge in [0.05, 0.1) is 0 Å². The lowest BCUT2D eigenvalue weighted by molar-refractivity contribution is 0.149. The molecule has 0 bridgehead atoms. The number of amidine groups is 1. The van der Waals surface area contributed by atoms with Crippen LogP contribution in [-0.2, 0) is 0 Å². The summed E-state index contributed by atoms with van der Waals surface area (Å²) in [4.78, 5) is 4.11. The van der Waals surface area contributed by atoms with E-state index in [1.54, 1.807) is 0 Å². The SMILES string of the molecule is CSC1=NCCC(O)N1.I. The van der Waals surface area contributed by atoms with Crippen molar-refractivity contribution in [3.05, 3.63) is 0 Å². The lowest BCUT2D eigenvalue weighted by atomic mass is 10.3. The summed E-state index contributed by atoms with van der Waals surface area (Å²) < 4.78 is 0.